The second-order valence-corrected chi connectivity index (χ2v) is 3.62. The average molecular weight is 241 g/mol. The molecule has 80 valence electrons. The van der Waals surface area contributed by atoms with Crippen molar-refractivity contribution in [2.24, 2.45) is 0 Å². The Morgan fingerprint density at radius 1 is 1.33 bits per heavy atom. The van der Waals surface area contributed by atoms with Crippen LogP contribution < -0.4 is 0 Å². The van der Waals surface area contributed by atoms with Crippen molar-refractivity contribution in [1.29, 1.82) is 0 Å². The predicted molar refractivity (Wildman–Crippen MR) is 61.0 cm³/mol. The third kappa shape index (κ3) is 7.52. The van der Waals surface area contributed by atoms with Gasteiger partial charge < -0.3 is 2.85 Å². The Labute approximate surface area is 108 Å². The molecular weight excluding hydrogens is 228 g/mol. The molecule has 0 fully saturated rings. The van der Waals surface area contributed by atoms with Crippen LogP contribution in [-0.4, -0.2) is 42.6 Å². The Bertz CT molecular complexity index is 408. The van der Waals surface area contributed by atoms with Crippen LogP contribution in [0.3, 0.4) is 0 Å². The number of rotatable bonds is 4. The van der Waals surface area contributed by atoms with Gasteiger partial charge in [0.1, 0.15) is 0 Å². The molecule has 1 rings (SSSR count). The van der Waals surface area contributed by atoms with Crippen LogP contribution in [0.1, 0.15) is 8.42 Å². The van der Waals surface area contributed by atoms with E-state index in [1.165, 1.54) is 6.08 Å². The molecule has 0 atom stereocenters. The predicted octanol–water partition coefficient (Wildman–Crippen LogP) is 1.36. The molecule has 0 heterocycles. The zero-order valence-electron chi connectivity index (χ0n) is 10.0. The first-order chi connectivity index (χ1) is 6.58. The topological polar surface area (TPSA) is 63.6 Å². The molecule has 15 heavy (non-hydrogen) atoms. The van der Waals surface area contributed by atoms with E-state index in [1.54, 1.807) is 6.08 Å². The van der Waals surface area contributed by atoms with Crippen molar-refractivity contribution in [3.8, 4) is 0 Å². The van der Waals surface area contributed by atoms with Crippen LogP contribution in [-0.2, 0) is 14.6 Å². The number of hydrogen-bond donors (Lipinski definition) is 1. The van der Waals surface area contributed by atoms with E-state index >= 15 is 0 Å². The first-order valence-electron chi connectivity index (χ1n) is 3.91. The van der Waals surface area contributed by atoms with Crippen molar-refractivity contribution in [3.05, 3.63) is 42.0 Å². The van der Waals surface area contributed by atoms with E-state index in [1.807, 2.05) is 30.3 Å². The third-order valence-corrected chi connectivity index (χ3v) is 1.86. The average Bonchev–Trinajstić information content (AvgIpc) is 2.13. The fourth-order valence-corrected chi connectivity index (χ4v) is 1.12. The first-order valence-corrected chi connectivity index (χ1v) is 5.28. The van der Waals surface area contributed by atoms with Crippen LogP contribution in [0.5, 0.6) is 0 Å². The van der Waals surface area contributed by atoms with Crippen LogP contribution in [0, 0.1) is 0 Å². The molecule has 4 nitrogen and oxygen atoms in total. The molecule has 1 N–H and O–H groups in total. The molecule has 6 heteroatoms. The molecular formula is C9H12MgO4S. The zero-order valence-corrected chi connectivity index (χ0v) is 10.3. The molecule has 0 aliphatic carbocycles. The van der Waals surface area contributed by atoms with Crippen molar-refractivity contribution in [1.82, 2.24) is 0 Å². The summed E-state index contributed by atoms with van der Waals surface area (Å²) < 4.78 is 32.6. The van der Waals surface area contributed by atoms with Crippen LogP contribution in [0.25, 0.3) is 6.08 Å². The molecule has 0 aliphatic heterocycles. The van der Waals surface area contributed by atoms with Crippen molar-refractivity contribution < 1.29 is 20.0 Å². The van der Waals surface area contributed by atoms with E-state index in [0.29, 0.717) is 0 Å². The fraction of sp³-hybridized carbons (Fsp3) is 0.111. The van der Waals surface area contributed by atoms with Gasteiger partial charge in [-0.05, 0) is 5.56 Å². The minimum absolute atomic E-state index is 0. The zero-order chi connectivity index (χ0) is 10.4. The van der Waals surface area contributed by atoms with E-state index < -0.39 is 10.4 Å². The number of hydrogen-bond acceptors (Lipinski definition) is 3. The summed E-state index contributed by atoms with van der Waals surface area (Å²) in [4.78, 5) is 0. The van der Waals surface area contributed by atoms with Crippen LogP contribution >= 0.6 is 0 Å². The molecule has 0 aliphatic rings. The Kier molecular flexibility index (Phi) is 6.78. The van der Waals surface area contributed by atoms with Gasteiger partial charge in [-0.15, -0.1) is 0 Å². The largest absolute Gasteiger partial charge is 2.00 e. The van der Waals surface area contributed by atoms with Gasteiger partial charge in [-0.25, -0.2) is 4.18 Å². The van der Waals surface area contributed by atoms with E-state index in [4.69, 9.17) is 4.55 Å². The van der Waals surface area contributed by atoms with E-state index in [-0.39, 0.29) is 32.5 Å². The van der Waals surface area contributed by atoms with Gasteiger partial charge in [0, 0.05) is 0 Å². The summed E-state index contributed by atoms with van der Waals surface area (Å²) in [6.07, 6.45) is 3.20. The van der Waals surface area contributed by atoms with E-state index in [0.717, 1.165) is 5.56 Å². The van der Waals surface area contributed by atoms with Crippen molar-refractivity contribution in [2.75, 3.05) is 6.61 Å². The Morgan fingerprint density at radius 3 is 2.47 bits per heavy atom. The molecule has 0 amide bonds. The summed E-state index contributed by atoms with van der Waals surface area (Å²) >= 11 is 0. The smallest absolute Gasteiger partial charge is 1.00 e. The maximum Gasteiger partial charge on any atom is 2.00 e. The quantitative estimate of drug-likeness (QED) is 0.638. The summed E-state index contributed by atoms with van der Waals surface area (Å²) in [5.74, 6) is 0. The summed E-state index contributed by atoms with van der Waals surface area (Å²) in [5.41, 5.74) is 0.937. The van der Waals surface area contributed by atoms with E-state index in [9.17, 15) is 8.42 Å². The minimum atomic E-state index is -4.33. The first kappa shape index (κ1) is 14.6. The molecule has 0 saturated carbocycles. The molecule has 0 radical (unpaired) electrons. The molecule has 0 bridgehead atoms. The maximum atomic E-state index is 10.1. The summed E-state index contributed by atoms with van der Waals surface area (Å²) in [5, 5.41) is 0. The summed E-state index contributed by atoms with van der Waals surface area (Å²) in [6, 6.07) is 9.34. The van der Waals surface area contributed by atoms with Gasteiger partial charge in [0.2, 0.25) is 0 Å². The van der Waals surface area contributed by atoms with Gasteiger partial charge >= 0.3 is 33.5 Å². The van der Waals surface area contributed by atoms with Crippen molar-refractivity contribution in [3.63, 3.8) is 0 Å². The standard InChI is InChI=1S/C9H10O4S.Mg.2H/c10-14(11,12)13-8-4-7-9-5-2-1-3-6-9;;;/h1-7H,8H2,(H,10,11,12);;;/q;+2;2*-1/b7-4+;;;. The molecule has 0 saturated heterocycles. The van der Waals surface area contributed by atoms with Gasteiger partial charge in [-0.1, -0.05) is 42.5 Å². The second kappa shape index (κ2) is 6.97. The maximum absolute atomic E-state index is 10.1. The van der Waals surface area contributed by atoms with Crippen molar-refractivity contribution in [2.45, 2.75) is 0 Å². The van der Waals surface area contributed by atoms with Gasteiger partial charge in [0.15, 0.2) is 0 Å². The van der Waals surface area contributed by atoms with Crippen LogP contribution in [0.15, 0.2) is 36.4 Å². The molecule has 0 spiro atoms. The van der Waals surface area contributed by atoms with Crippen molar-refractivity contribution >= 4 is 39.5 Å². The van der Waals surface area contributed by atoms with Crippen LogP contribution in [0.2, 0.25) is 0 Å². The summed E-state index contributed by atoms with van der Waals surface area (Å²) in [6.45, 7) is -0.173. The SMILES string of the molecule is O=S(=O)(O)OC/C=C/c1ccccc1.[H-].[H-].[Mg+2]. The normalized spacial score (nSPS) is 11.3. The molecule has 0 aromatic heterocycles. The Morgan fingerprint density at radius 2 is 1.93 bits per heavy atom. The van der Waals surface area contributed by atoms with Gasteiger partial charge in [-0.2, -0.15) is 8.42 Å². The molecule has 1 aromatic carbocycles. The fourth-order valence-electron chi connectivity index (χ4n) is 0.874. The third-order valence-electron chi connectivity index (χ3n) is 1.42. The van der Waals surface area contributed by atoms with Crippen LogP contribution in [0.4, 0.5) is 0 Å². The van der Waals surface area contributed by atoms with E-state index in [2.05, 4.69) is 4.18 Å². The Balaban J connectivity index is -0.000000653. The van der Waals surface area contributed by atoms with Gasteiger partial charge in [-0.3, -0.25) is 4.55 Å². The molecule has 1 aromatic rings. The minimum Gasteiger partial charge on any atom is -1.00 e. The Hall–Kier alpha value is -0.404. The van der Waals surface area contributed by atoms with Gasteiger partial charge in [0.05, 0.1) is 6.61 Å². The molecule has 0 unspecified atom stereocenters. The van der Waals surface area contributed by atoms with Gasteiger partial charge in [0.25, 0.3) is 0 Å². The summed E-state index contributed by atoms with van der Waals surface area (Å²) in [7, 11) is -4.33. The number of benzene rings is 1. The monoisotopic (exact) mass is 240 g/mol. The second-order valence-electron chi connectivity index (χ2n) is 2.53.